The van der Waals surface area contributed by atoms with Crippen molar-refractivity contribution in [2.24, 2.45) is 5.92 Å². The molecule has 0 aliphatic rings. The zero-order valence-electron chi connectivity index (χ0n) is 13.6. The van der Waals surface area contributed by atoms with Crippen molar-refractivity contribution in [3.05, 3.63) is 44.2 Å². The molecule has 7 heteroatoms. The van der Waals surface area contributed by atoms with E-state index in [9.17, 15) is 19.5 Å². The molecule has 0 bridgehead atoms. The minimum absolute atomic E-state index is 0.0801. The van der Waals surface area contributed by atoms with Gasteiger partial charge >= 0.3 is 11.6 Å². The Kier molecular flexibility index (Phi) is 5.43. The second-order valence-electron chi connectivity index (χ2n) is 6.02. The zero-order valence-corrected chi connectivity index (χ0v) is 15.1. The number of carbonyl (C=O) groups excluding carboxylic acids is 1. The van der Waals surface area contributed by atoms with Crippen molar-refractivity contribution in [1.29, 1.82) is 0 Å². The monoisotopic (exact) mass is 395 g/mol. The highest BCUT2D eigenvalue weighted by Gasteiger charge is 2.25. The number of fused-ring (bicyclic) bond motifs is 1. The molecule has 1 aromatic carbocycles. The molecular formula is C17H18BrNO5. The molecule has 6 nitrogen and oxygen atoms in total. The number of carbonyl (C=O) groups is 2. The van der Waals surface area contributed by atoms with E-state index in [0.29, 0.717) is 16.5 Å². The first-order valence-electron chi connectivity index (χ1n) is 7.47. The van der Waals surface area contributed by atoms with Crippen LogP contribution in [0.5, 0.6) is 0 Å². The molecular weight excluding hydrogens is 378 g/mol. The summed E-state index contributed by atoms with van der Waals surface area (Å²) in [6.07, 6.45) is 0.268. The number of nitrogens with one attached hydrogen (secondary N) is 1. The highest BCUT2D eigenvalue weighted by molar-refractivity contribution is 9.10. The molecule has 1 aromatic heterocycles. The maximum absolute atomic E-state index is 12.5. The summed E-state index contributed by atoms with van der Waals surface area (Å²) < 4.78 is 5.97. The minimum Gasteiger partial charge on any atom is -0.480 e. The van der Waals surface area contributed by atoms with Crippen molar-refractivity contribution in [3.63, 3.8) is 0 Å². The van der Waals surface area contributed by atoms with Crippen LogP contribution in [0.4, 0.5) is 0 Å². The van der Waals surface area contributed by atoms with Crippen molar-refractivity contribution < 1.29 is 19.1 Å². The molecule has 1 atom stereocenters. The number of carboxylic acid groups (broad SMARTS) is 1. The van der Waals surface area contributed by atoms with E-state index in [0.717, 1.165) is 4.47 Å². The number of hydrogen-bond acceptors (Lipinski definition) is 4. The van der Waals surface area contributed by atoms with E-state index in [1.54, 1.807) is 25.1 Å². The summed E-state index contributed by atoms with van der Waals surface area (Å²) in [5.74, 6) is -1.80. The van der Waals surface area contributed by atoms with Crippen LogP contribution in [0.3, 0.4) is 0 Å². The fourth-order valence-electron chi connectivity index (χ4n) is 2.51. The molecule has 1 amide bonds. The first-order chi connectivity index (χ1) is 11.2. The number of aryl methyl sites for hydroxylation is 1. The highest BCUT2D eigenvalue weighted by Crippen LogP contribution is 2.23. The van der Waals surface area contributed by atoms with E-state index in [1.807, 2.05) is 13.8 Å². The lowest BCUT2D eigenvalue weighted by molar-refractivity contribution is -0.139. The molecule has 0 aliphatic heterocycles. The van der Waals surface area contributed by atoms with Gasteiger partial charge in [0.1, 0.15) is 17.2 Å². The van der Waals surface area contributed by atoms with Crippen LogP contribution in [-0.4, -0.2) is 23.0 Å². The van der Waals surface area contributed by atoms with E-state index in [4.69, 9.17) is 4.42 Å². The molecule has 0 saturated carbocycles. The first kappa shape index (κ1) is 18.2. The van der Waals surface area contributed by atoms with Gasteiger partial charge in [0.05, 0.1) is 0 Å². The van der Waals surface area contributed by atoms with Crippen molar-refractivity contribution in [2.45, 2.75) is 33.2 Å². The number of carboxylic acids is 1. The Labute approximate surface area is 147 Å². The van der Waals surface area contributed by atoms with Gasteiger partial charge in [-0.1, -0.05) is 29.8 Å². The van der Waals surface area contributed by atoms with Gasteiger partial charge < -0.3 is 14.8 Å². The summed E-state index contributed by atoms with van der Waals surface area (Å²) in [5, 5.41) is 12.3. The van der Waals surface area contributed by atoms with Crippen LogP contribution in [0.25, 0.3) is 11.0 Å². The zero-order chi connectivity index (χ0) is 18.0. The van der Waals surface area contributed by atoms with Crippen LogP contribution < -0.4 is 10.9 Å². The van der Waals surface area contributed by atoms with Gasteiger partial charge in [-0.3, -0.25) is 4.79 Å². The van der Waals surface area contributed by atoms with Gasteiger partial charge in [0, 0.05) is 9.86 Å². The topological polar surface area (TPSA) is 96.6 Å². The molecule has 2 rings (SSSR count). The van der Waals surface area contributed by atoms with Crippen LogP contribution in [0, 0.1) is 12.8 Å². The van der Waals surface area contributed by atoms with Crippen molar-refractivity contribution in [2.75, 3.05) is 0 Å². The molecule has 2 aromatic rings. The normalized spacial score (nSPS) is 12.4. The van der Waals surface area contributed by atoms with Gasteiger partial charge in [-0.05, 0) is 43.0 Å². The summed E-state index contributed by atoms with van der Waals surface area (Å²) in [5.41, 5.74) is -0.132. The van der Waals surface area contributed by atoms with Crippen LogP contribution >= 0.6 is 15.9 Å². The quantitative estimate of drug-likeness (QED) is 0.758. The van der Waals surface area contributed by atoms with Crippen molar-refractivity contribution >= 4 is 38.8 Å². The average Bonchev–Trinajstić information content (AvgIpc) is 2.47. The smallest absolute Gasteiger partial charge is 0.349 e. The standard InChI is InChI=1S/C17H18BrNO5/c1-8(2)6-12(16(21)22)19-15(20)14-9(3)11-7-10(18)4-5-13(11)24-17(14)23/h4-5,7-8,12H,6H2,1-3H3,(H,19,20)(H,21,22)/t12-/m1/s1. The summed E-state index contributed by atoms with van der Waals surface area (Å²) in [6.45, 7) is 5.35. The van der Waals surface area contributed by atoms with Gasteiger partial charge in [-0.15, -0.1) is 0 Å². The molecule has 1 heterocycles. The fourth-order valence-corrected chi connectivity index (χ4v) is 2.87. The van der Waals surface area contributed by atoms with Gasteiger partial charge in [0.25, 0.3) is 5.91 Å². The lowest BCUT2D eigenvalue weighted by atomic mass is 10.0. The van der Waals surface area contributed by atoms with E-state index >= 15 is 0 Å². The molecule has 24 heavy (non-hydrogen) atoms. The lowest BCUT2D eigenvalue weighted by Crippen LogP contribution is -2.43. The summed E-state index contributed by atoms with van der Waals surface area (Å²) in [6, 6.07) is 4.05. The molecule has 0 unspecified atom stereocenters. The lowest BCUT2D eigenvalue weighted by Gasteiger charge is -2.17. The average molecular weight is 396 g/mol. The van der Waals surface area contributed by atoms with Crippen LogP contribution in [-0.2, 0) is 4.79 Å². The highest BCUT2D eigenvalue weighted by atomic mass is 79.9. The Morgan fingerprint density at radius 2 is 2.00 bits per heavy atom. The Morgan fingerprint density at radius 1 is 1.33 bits per heavy atom. The molecule has 0 saturated heterocycles. The Bertz CT molecular complexity index is 856. The third kappa shape index (κ3) is 3.84. The third-order valence-electron chi connectivity index (χ3n) is 3.66. The van der Waals surface area contributed by atoms with Crippen molar-refractivity contribution in [1.82, 2.24) is 5.32 Å². The predicted octanol–water partition coefficient (Wildman–Crippen LogP) is 3.09. The Balaban J connectivity index is 2.45. The van der Waals surface area contributed by atoms with E-state index in [2.05, 4.69) is 21.2 Å². The number of amides is 1. The minimum atomic E-state index is -1.14. The number of aliphatic carboxylic acids is 1. The predicted molar refractivity (Wildman–Crippen MR) is 93.3 cm³/mol. The Hall–Kier alpha value is -2.15. The van der Waals surface area contributed by atoms with Crippen molar-refractivity contribution in [3.8, 4) is 0 Å². The van der Waals surface area contributed by atoms with Gasteiger partial charge in [0.15, 0.2) is 0 Å². The molecule has 2 N–H and O–H groups in total. The first-order valence-corrected chi connectivity index (χ1v) is 8.26. The number of rotatable bonds is 5. The second-order valence-corrected chi connectivity index (χ2v) is 6.94. The van der Waals surface area contributed by atoms with Gasteiger partial charge in [-0.2, -0.15) is 0 Å². The molecule has 0 fully saturated rings. The number of benzene rings is 1. The number of hydrogen-bond donors (Lipinski definition) is 2. The number of halogens is 1. The summed E-state index contributed by atoms with van der Waals surface area (Å²) >= 11 is 3.34. The van der Waals surface area contributed by atoms with Gasteiger partial charge in [-0.25, -0.2) is 9.59 Å². The van der Waals surface area contributed by atoms with Gasteiger partial charge in [0.2, 0.25) is 0 Å². The van der Waals surface area contributed by atoms with E-state index in [-0.39, 0.29) is 17.9 Å². The van der Waals surface area contributed by atoms with Crippen LogP contribution in [0.2, 0.25) is 0 Å². The molecule has 128 valence electrons. The SMILES string of the molecule is Cc1c(C(=O)N[C@H](CC(C)C)C(=O)O)c(=O)oc2ccc(Br)cc12. The molecule has 0 radical (unpaired) electrons. The summed E-state index contributed by atoms with van der Waals surface area (Å²) in [7, 11) is 0. The maximum Gasteiger partial charge on any atom is 0.349 e. The molecule has 0 aliphatic carbocycles. The van der Waals surface area contributed by atoms with Crippen LogP contribution in [0.15, 0.2) is 31.9 Å². The second kappa shape index (κ2) is 7.17. The molecule has 0 spiro atoms. The maximum atomic E-state index is 12.5. The summed E-state index contributed by atoms with van der Waals surface area (Å²) in [4.78, 5) is 35.9. The fraction of sp³-hybridized carbons (Fsp3) is 0.353. The third-order valence-corrected chi connectivity index (χ3v) is 4.16. The van der Waals surface area contributed by atoms with E-state index < -0.39 is 23.5 Å². The largest absolute Gasteiger partial charge is 0.480 e. The van der Waals surface area contributed by atoms with E-state index in [1.165, 1.54) is 0 Å². The Morgan fingerprint density at radius 3 is 2.58 bits per heavy atom. The van der Waals surface area contributed by atoms with Crippen LogP contribution in [0.1, 0.15) is 36.2 Å².